The van der Waals surface area contributed by atoms with Gasteiger partial charge in [-0.1, -0.05) is 91.0 Å². The molecule has 0 saturated carbocycles. The van der Waals surface area contributed by atoms with Crippen LogP contribution in [0.4, 0.5) is 0 Å². The molecular formula is C23H22N2O3. The Bertz CT molecular complexity index is 878. The SMILES string of the molecule is N#C[C@H]([NH2+]Cc1ccccc1)c1ccccc1.O=C([O-])[C@H](O)c1ccccc1. The van der Waals surface area contributed by atoms with Crippen LogP contribution in [0.2, 0.25) is 0 Å². The summed E-state index contributed by atoms with van der Waals surface area (Å²) in [5, 5.41) is 30.3. The fraction of sp³-hybridized carbons (Fsp3) is 0.130. The zero-order chi connectivity index (χ0) is 20.2. The summed E-state index contributed by atoms with van der Waals surface area (Å²) in [4.78, 5) is 10.1. The molecule has 2 atom stereocenters. The third-order valence-corrected chi connectivity index (χ3v) is 4.07. The van der Waals surface area contributed by atoms with Crippen LogP contribution in [0.1, 0.15) is 28.8 Å². The van der Waals surface area contributed by atoms with Gasteiger partial charge < -0.3 is 20.3 Å². The van der Waals surface area contributed by atoms with Crippen molar-refractivity contribution in [2.75, 3.05) is 0 Å². The maximum atomic E-state index is 10.1. The molecule has 0 radical (unpaired) electrons. The number of benzene rings is 3. The highest BCUT2D eigenvalue weighted by Gasteiger charge is 2.12. The average molecular weight is 374 g/mol. The van der Waals surface area contributed by atoms with E-state index in [1.165, 1.54) is 17.7 Å². The number of carboxylic acids is 1. The van der Waals surface area contributed by atoms with Gasteiger partial charge >= 0.3 is 0 Å². The first kappa shape index (κ1) is 20.8. The summed E-state index contributed by atoms with van der Waals surface area (Å²) in [6, 6.07) is 30.4. The van der Waals surface area contributed by atoms with E-state index in [-0.39, 0.29) is 6.04 Å². The van der Waals surface area contributed by atoms with E-state index >= 15 is 0 Å². The summed E-state index contributed by atoms with van der Waals surface area (Å²) in [6.45, 7) is 0.827. The van der Waals surface area contributed by atoms with E-state index in [1.807, 2.05) is 48.5 Å². The Hall–Kier alpha value is -3.46. The number of nitriles is 1. The van der Waals surface area contributed by atoms with Crippen LogP contribution >= 0.6 is 0 Å². The molecule has 0 aliphatic rings. The summed E-state index contributed by atoms with van der Waals surface area (Å²) in [5.41, 5.74) is 2.64. The quantitative estimate of drug-likeness (QED) is 0.682. The van der Waals surface area contributed by atoms with Gasteiger partial charge in [0, 0.05) is 11.1 Å². The van der Waals surface area contributed by atoms with Gasteiger partial charge in [0.05, 0.1) is 5.97 Å². The molecule has 3 aromatic rings. The van der Waals surface area contributed by atoms with Crippen LogP contribution in [0.5, 0.6) is 0 Å². The van der Waals surface area contributed by atoms with Crippen molar-refractivity contribution in [3.63, 3.8) is 0 Å². The van der Waals surface area contributed by atoms with E-state index in [0.717, 1.165) is 12.1 Å². The lowest BCUT2D eigenvalue weighted by Gasteiger charge is -2.10. The summed E-state index contributed by atoms with van der Waals surface area (Å²) in [6.07, 6.45) is -1.52. The standard InChI is InChI=1S/C15H14N2.C8H8O3/c16-11-15(14-9-5-2-6-10-14)17-12-13-7-3-1-4-8-13;9-7(8(10)11)6-4-2-1-3-5-6/h1-10,15,17H,12H2;1-5,7,9H,(H,10,11)/t15-;7-/m01/s1. The Balaban J connectivity index is 0.000000221. The van der Waals surface area contributed by atoms with Gasteiger partial charge in [-0.25, -0.2) is 0 Å². The molecule has 5 heteroatoms. The molecule has 0 bridgehead atoms. The normalized spacial score (nSPS) is 12.0. The van der Waals surface area contributed by atoms with Crippen LogP contribution in [0.3, 0.4) is 0 Å². The zero-order valence-corrected chi connectivity index (χ0v) is 15.3. The molecule has 0 saturated heterocycles. The lowest BCUT2D eigenvalue weighted by molar-refractivity contribution is -0.699. The number of carboxylic acid groups (broad SMARTS) is 1. The Morgan fingerprint density at radius 1 is 0.893 bits per heavy atom. The van der Waals surface area contributed by atoms with E-state index in [0.29, 0.717) is 5.56 Å². The fourth-order valence-corrected chi connectivity index (χ4v) is 2.56. The second-order valence-electron chi connectivity index (χ2n) is 6.08. The number of hydrogen-bond acceptors (Lipinski definition) is 4. The van der Waals surface area contributed by atoms with Crippen molar-refractivity contribution in [2.24, 2.45) is 0 Å². The Morgan fingerprint density at radius 2 is 1.36 bits per heavy atom. The molecule has 0 aliphatic carbocycles. The van der Waals surface area contributed by atoms with Gasteiger partial charge in [0.1, 0.15) is 18.7 Å². The number of nitrogens with two attached hydrogens (primary N) is 1. The number of nitrogens with zero attached hydrogens (tertiary/aromatic N) is 1. The van der Waals surface area contributed by atoms with E-state index in [4.69, 9.17) is 5.11 Å². The third kappa shape index (κ3) is 6.69. The number of carbonyl (C=O) groups excluding carboxylic acids is 1. The first-order chi connectivity index (χ1) is 13.6. The highest BCUT2D eigenvalue weighted by atomic mass is 16.4. The monoisotopic (exact) mass is 374 g/mol. The number of aliphatic hydroxyl groups excluding tert-OH is 1. The van der Waals surface area contributed by atoms with E-state index in [2.05, 4.69) is 23.5 Å². The average Bonchev–Trinajstić information content (AvgIpc) is 2.76. The molecule has 142 valence electrons. The maximum Gasteiger partial charge on any atom is 0.199 e. The number of quaternary nitrogens is 1. The molecule has 0 aromatic heterocycles. The summed E-state index contributed by atoms with van der Waals surface area (Å²) in [5.74, 6) is -1.48. The molecule has 0 heterocycles. The molecule has 0 spiro atoms. The van der Waals surface area contributed by atoms with Crippen molar-refractivity contribution < 1.29 is 20.3 Å². The molecule has 0 amide bonds. The molecule has 0 fully saturated rings. The smallest absolute Gasteiger partial charge is 0.199 e. The number of aliphatic carboxylic acids is 1. The first-order valence-electron chi connectivity index (χ1n) is 8.87. The third-order valence-electron chi connectivity index (χ3n) is 4.07. The van der Waals surface area contributed by atoms with E-state index in [9.17, 15) is 15.2 Å². The number of hydrogen-bond donors (Lipinski definition) is 2. The molecule has 28 heavy (non-hydrogen) atoms. The van der Waals surface area contributed by atoms with Crippen LogP contribution in [0.15, 0.2) is 91.0 Å². The van der Waals surface area contributed by atoms with Gasteiger partial charge in [-0.05, 0) is 5.56 Å². The highest BCUT2D eigenvalue weighted by molar-refractivity contribution is 5.71. The van der Waals surface area contributed by atoms with Gasteiger partial charge in [-0.2, -0.15) is 5.26 Å². The van der Waals surface area contributed by atoms with E-state index < -0.39 is 12.1 Å². The molecule has 0 aliphatic heterocycles. The van der Waals surface area contributed by atoms with Gasteiger partial charge in [0.2, 0.25) is 0 Å². The van der Waals surface area contributed by atoms with Crippen LogP contribution in [0, 0.1) is 11.3 Å². The predicted octanol–water partition coefficient (Wildman–Crippen LogP) is 1.48. The number of carbonyl (C=O) groups is 1. The van der Waals surface area contributed by atoms with Crippen LogP contribution < -0.4 is 10.4 Å². The first-order valence-corrected chi connectivity index (χ1v) is 8.87. The molecule has 3 N–H and O–H groups in total. The summed E-state index contributed by atoms with van der Waals surface area (Å²) >= 11 is 0. The highest BCUT2D eigenvalue weighted by Crippen LogP contribution is 2.10. The lowest BCUT2D eigenvalue weighted by atomic mass is 10.1. The largest absolute Gasteiger partial charge is 0.547 e. The van der Waals surface area contributed by atoms with Crippen molar-refractivity contribution in [1.29, 1.82) is 5.26 Å². The molecule has 5 nitrogen and oxygen atoms in total. The van der Waals surface area contributed by atoms with E-state index in [1.54, 1.807) is 18.2 Å². The minimum Gasteiger partial charge on any atom is -0.547 e. The fourth-order valence-electron chi connectivity index (χ4n) is 2.56. The second-order valence-corrected chi connectivity index (χ2v) is 6.08. The van der Waals surface area contributed by atoms with Gasteiger partial charge in [0.25, 0.3) is 0 Å². The summed E-state index contributed by atoms with van der Waals surface area (Å²) in [7, 11) is 0. The Kier molecular flexibility index (Phi) is 8.41. The predicted molar refractivity (Wildman–Crippen MR) is 103 cm³/mol. The topological polar surface area (TPSA) is 101 Å². The van der Waals surface area contributed by atoms with Crippen LogP contribution in [-0.2, 0) is 11.3 Å². The van der Waals surface area contributed by atoms with Gasteiger partial charge in [-0.15, -0.1) is 0 Å². The Morgan fingerprint density at radius 3 is 1.82 bits per heavy atom. The second kappa shape index (κ2) is 11.3. The molecular weight excluding hydrogens is 352 g/mol. The number of aliphatic hydroxyl groups is 1. The maximum absolute atomic E-state index is 10.1. The lowest BCUT2D eigenvalue weighted by Crippen LogP contribution is -2.83. The molecule has 0 unspecified atom stereocenters. The molecule has 3 aromatic carbocycles. The van der Waals surface area contributed by atoms with Crippen LogP contribution in [0.25, 0.3) is 0 Å². The van der Waals surface area contributed by atoms with Crippen LogP contribution in [-0.4, -0.2) is 11.1 Å². The minimum atomic E-state index is -1.52. The van der Waals surface area contributed by atoms with Crippen molar-refractivity contribution in [1.82, 2.24) is 0 Å². The van der Waals surface area contributed by atoms with Crippen molar-refractivity contribution in [2.45, 2.75) is 18.7 Å². The van der Waals surface area contributed by atoms with Crippen molar-refractivity contribution in [3.8, 4) is 6.07 Å². The summed E-state index contributed by atoms with van der Waals surface area (Å²) < 4.78 is 0. The zero-order valence-electron chi connectivity index (χ0n) is 15.3. The van der Waals surface area contributed by atoms with Crippen molar-refractivity contribution in [3.05, 3.63) is 108 Å². The Labute approximate surface area is 164 Å². The van der Waals surface area contributed by atoms with Gasteiger partial charge in [-0.3, -0.25) is 0 Å². The van der Waals surface area contributed by atoms with Gasteiger partial charge in [0.15, 0.2) is 6.04 Å². The van der Waals surface area contributed by atoms with Crippen molar-refractivity contribution >= 4 is 5.97 Å². The molecule has 3 rings (SSSR count). The number of rotatable bonds is 6. The minimum absolute atomic E-state index is 0.128.